The second-order valence-corrected chi connectivity index (χ2v) is 12.0. The molecule has 0 aliphatic heterocycles. The van der Waals surface area contributed by atoms with Gasteiger partial charge in [0, 0.05) is 39.0 Å². The van der Waals surface area contributed by atoms with E-state index < -0.39 is 0 Å². The number of thiophene rings is 4. The summed E-state index contributed by atoms with van der Waals surface area (Å²) in [5.74, 6) is -0.430. The van der Waals surface area contributed by atoms with Crippen LogP contribution in [0.1, 0.15) is 0 Å². The summed E-state index contributed by atoms with van der Waals surface area (Å²) in [6.45, 7) is 0. The number of benzene rings is 2. The Hall–Kier alpha value is -2.90. The molecule has 0 nitrogen and oxygen atoms in total. The smallest absolute Gasteiger partial charge is 0.123 e. The largest absolute Gasteiger partial charge is 0.207 e. The summed E-state index contributed by atoms with van der Waals surface area (Å²) >= 11 is 7.03. The lowest BCUT2D eigenvalue weighted by atomic mass is 10.2. The van der Waals surface area contributed by atoms with Gasteiger partial charge >= 0.3 is 0 Å². The van der Waals surface area contributed by atoms with E-state index in [1.165, 1.54) is 53.5 Å². The molecule has 0 saturated carbocycles. The van der Waals surface area contributed by atoms with Gasteiger partial charge in [-0.05, 0) is 83.9 Å². The zero-order valence-electron chi connectivity index (χ0n) is 17.6. The fraction of sp³-hybridized carbons (Fsp3) is 0. The second-order valence-electron chi connectivity index (χ2n) is 7.67. The second kappa shape index (κ2) is 9.04. The summed E-state index contributed by atoms with van der Waals surface area (Å²) in [6.07, 6.45) is 0. The third-order valence-electron chi connectivity index (χ3n) is 5.41. The highest BCUT2D eigenvalue weighted by molar-refractivity contribution is 7.29. The van der Waals surface area contributed by atoms with Crippen molar-refractivity contribution in [2.24, 2.45) is 0 Å². The van der Waals surface area contributed by atoms with Crippen molar-refractivity contribution in [3.05, 3.63) is 109 Å². The first-order valence-electron chi connectivity index (χ1n) is 10.5. The van der Waals surface area contributed by atoms with Gasteiger partial charge in [-0.25, -0.2) is 8.78 Å². The van der Waals surface area contributed by atoms with E-state index >= 15 is 0 Å². The molecule has 0 N–H and O–H groups in total. The predicted molar refractivity (Wildman–Crippen MR) is 145 cm³/mol. The van der Waals surface area contributed by atoms with Crippen LogP contribution < -0.4 is 0 Å². The van der Waals surface area contributed by atoms with Crippen molar-refractivity contribution >= 4 is 45.3 Å². The highest BCUT2D eigenvalue weighted by atomic mass is 32.1. The summed E-state index contributed by atoms with van der Waals surface area (Å²) in [5.41, 5.74) is 2.07. The van der Waals surface area contributed by atoms with E-state index in [-0.39, 0.29) is 11.6 Å². The fourth-order valence-electron chi connectivity index (χ4n) is 3.68. The van der Waals surface area contributed by atoms with Crippen molar-refractivity contribution in [1.82, 2.24) is 0 Å². The molecular weight excluding hydrogens is 503 g/mol. The molecule has 6 heteroatoms. The van der Waals surface area contributed by atoms with Crippen molar-refractivity contribution in [2.45, 2.75) is 0 Å². The monoisotopic (exact) mass is 518 g/mol. The van der Waals surface area contributed by atoms with E-state index in [0.717, 1.165) is 20.9 Å². The molecule has 2 aromatic carbocycles. The Morgan fingerprint density at radius 3 is 0.824 bits per heavy atom. The van der Waals surface area contributed by atoms with Gasteiger partial charge in [0.15, 0.2) is 0 Å². The molecule has 4 heterocycles. The molecule has 4 aromatic heterocycles. The summed E-state index contributed by atoms with van der Waals surface area (Å²) in [7, 11) is 0. The van der Waals surface area contributed by atoms with Crippen LogP contribution in [0.5, 0.6) is 0 Å². The van der Waals surface area contributed by atoms with E-state index in [9.17, 15) is 8.78 Å². The molecule has 0 atom stereocenters. The van der Waals surface area contributed by atoms with Crippen molar-refractivity contribution in [3.63, 3.8) is 0 Å². The Balaban J connectivity index is 1.23. The van der Waals surface area contributed by atoms with Crippen molar-refractivity contribution in [3.8, 4) is 50.1 Å². The first kappa shape index (κ1) is 21.6. The average Bonchev–Trinajstić information content (AvgIpc) is 3.65. The number of hydrogen-bond acceptors (Lipinski definition) is 4. The SMILES string of the molecule is Fc1ccc(-c2ccc(-c3ccc(-c4ccc(-c5ccc(-c6ccc(F)cc6)s5)s4)s3)s2)cc1. The lowest BCUT2D eigenvalue weighted by Gasteiger charge is -1.96. The molecule has 0 radical (unpaired) electrons. The number of rotatable bonds is 5. The molecular formula is C28H16F2S4. The van der Waals surface area contributed by atoms with Crippen LogP contribution >= 0.6 is 45.3 Å². The Labute approximate surface area is 212 Å². The first-order valence-corrected chi connectivity index (χ1v) is 13.8. The van der Waals surface area contributed by atoms with Gasteiger partial charge in [0.05, 0.1) is 0 Å². The third kappa shape index (κ3) is 4.30. The molecule has 6 aromatic rings. The molecule has 0 fully saturated rings. The van der Waals surface area contributed by atoms with Crippen LogP contribution in [-0.4, -0.2) is 0 Å². The zero-order chi connectivity index (χ0) is 23.1. The molecule has 0 bridgehead atoms. The maximum absolute atomic E-state index is 13.2. The molecule has 34 heavy (non-hydrogen) atoms. The maximum atomic E-state index is 13.2. The van der Waals surface area contributed by atoms with Gasteiger partial charge in [0.2, 0.25) is 0 Å². The van der Waals surface area contributed by atoms with E-state index in [4.69, 9.17) is 0 Å². The van der Waals surface area contributed by atoms with E-state index in [2.05, 4.69) is 48.5 Å². The Morgan fingerprint density at radius 2 is 0.529 bits per heavy atom. The van der Waals surface area contributed by atoms with Crippen molar-refractivity contribution in [1.29, 1.82) is 0 Å². The number of halogens is 2. The van der Waals surface area contributed by atoms with Crippen LogP contribution in [0.25, 0.3) is 50.1 Å². The van der Waals surface area contributed by atoms with E-state index in [1.807, 2.05) is 24.3 Å². The van der Waals surface area contributed by atoms with Gasteiger partial charge in [-0.3, -0.25) is 0 Å². The first-order chi connectivity index (χ1) is 16.6. The Kier molecular flexibility index (Phi) is 5.75. The van der Waals surface area contributed by atoms with Crippen LogP contribution in [0.3, 0.4) is 0 Å². The van der Waals surface area contributed by atoms with Crippen molar-refractivity contribution < 1.29 is 8.78 Å². The Bertz CT molecular complexity index is 1440. The highest BCUT2D eigenvalue weighted by Crippen LogP contribution is 2.44. The normalized spacial score (nSPS) is 11.2. The van der Waals surface area contributed by atoms with Gasteiger partial charge in [0.25, 0.3) is 0 Å². The average molecular weight is 519 g/mol. The standard InChI is InChI=1S/C28H16F2S4/c29-19-5-1-17(2-6-19)21-9-11-23(31-21)25-13-15-27(33-25)28-16-14-26(34-28)24-12-10-22(32-24)18-3-7-20(30)8-4-18/h1-16H. The highest BCUT2D eigenvalue weighted by Gasteiger charge is 2.12. The minimum atomic E-state index is -0.215. The summed E-state index contributed by atoms with van der Waals surface area (Å²) in [4.78, 5) is 9.67. The van der Waals surface area contributed by atoms with Gasteiger partial charge < -0.3 is 0 Å². The maximum Gasteiger partial charge on any atom is 0.123 e. The van der Waals surface area contributed by atoms with E-state index in [0.29, 0.717) is 0 Å². The molecule has 0 unspecified atom stereocenters. The van der Waals surface area contributed by atoms with Crippen LogP contribution in [0.2, 0.25) is 0 Å². The van der Waals surface area contributed by atoms with Crippen LogP contribution in [-0.2, 0) is 0 Å². The zero-order valence-corrected chi connectivity index (χ0v) is 20.9. The van der Waals surface area contributed by atoms with Crippen LogP contribution in [0.15, 0.2) is 97.1 Å². The Morgan fingerprint density at radius 1 is 0.294 bits per heavy atom. The van der Waals surface area contributed by atoms with Gasteiger partial charge in [0.1, 0.15) is 11.6 Å². The van der Waals surface area contributed by atoms with Crippen LogP contribution in [0, 0.1) is 11.6 Å². The minimum absolute atomic E-state index is 0.215. The summed E-state index contributed by atoms with van der Waals surface area (Å²) in [5, 5.41) is 0. The van der Waals surface area contributed by atoms with Gasteiger partial charge in [-0.2, -0.15) is 0 Å². The molecule has 6 rings (SSSR count). The number of hydrogen-bond donors (Lipinski definition) is 0. The van der Waals surface area contributed by atoms with Crippen molar-refractivity contribution in [2.75, 3.05) is 0 Å². The summed E-state index contributed by atoms with van der Waals surface area (Å²) in [6, 6.07) is 30.5. The lowest BCUT2D eigenvalue weighted by molar-refractivity contribution is 0.627. The molecule has 0 aliphatic rings. The lowest BCUT2D eigenvalue weighted by Crippen LogP contribution is -1.73. The third-order valence-corrected chi connectivity index (χ3v) is 10.4. The minimum Gasteiger partial charge on any atom is -0.207 e. The predicted octanol–water partition coefficient (Wildman–Crippen LogP) is 10.5. The quantitative estimate of drug-likeness (QED) is 0.213. The molecule has 0 amide bonds. The molecule has 0 spiro atoms. The van der Waals surface area contributed by atoms with Gasteiger partial charge in [-0.15, -0.1) is 45.3 Å². The molecule has 166 valence electrons. The fourth-order valence-corrected chi connectivity index (χ4v) is 7.99. The molecule has 0 aliphatic carbocycles. The topological polar surface area (TPSA) is 0 Å². The van der Waals surface area contributed by atoms with E-state index in [1.54, 1.807) is 45.3 Å². The summed E-state index contributed by atoms with van der Waals surface area (Å²) < 4.78 is 26.5. The molecule has 0 saturated heterocycles. The van der Waals surface area contributed by atoms with Gasteiger partial charge in [-0.1, -0.05) is 24.3 Å². The van der Waals surface area contributed by atoms with Crippen LogP contribution in [0.4, 0.5) is 8.78 Å².